The van der Waals surface area contributed by atoms with Gasteiger partial charge in [0.15, 0.2) is 17.5 Å². The summed E-state index contributed by atoms with van der Waals surface area (Å²) in [6.45, 7) is 7.89. The molecule has 0 spiro atoms. The van der Waals surface area contributed by atoms with E-state index in [2.05, 4.69) is 52.4 Å². The predicted molar refractivity (Wildman–Crippen MR) is 126 cm³/mol. The fourth-order valence-corrected chi connectivity index (χ4v) is 4.59. The van der Waals surface area contributed by atoms with Gasteiger partial charge in [0, 0.05) is 39.3 Å². The summed E-state index contributed by atoms with van der Waals surface area (Å²) >= 11 is 0. The van der Waals surface area contributed by atoms with Crippen LogP contribution in [0.1, 0.15) is 18.1 Å². The van der Waals surface area contributed by atoms with Crippen molar-refractivity contribution in [2.75, 3.05) is 46.4 Å². The third-order valence-electron chi connectivity index (χ3n) is 6.22. The molecule has 2 atom stereocenters. The van der Waals surface area contributed by atoms with Crippen molar-refractivity contribution in [3.63, 3.8) is 0 Å². The Balaban J connectivity index is 1.41. The molecule has 172 valence electrons. The number of hydrogen-bond acceptors (Lipinski definition) is 5. The van der Waals surface area contributed by atoms with Crippen LogP contribution in [0.5, 0.6) is 11.5 Å². The summed E-state index contributed by atoms with van der Waals surface area (Å²) in [5, 5.41) is 13.8. The van der Waals surface area contributed by atoms with E-state index in [-0.39, 0.29) is 11.9 Å². The Bertz CT molecular complexity index is 905. The molecule has 2 aliphatic heterocycles. The van der Waals surface area contributed by atoms with Crippen LogP contribution in [0, 0.1) is 0 Å². The molecule has 0 radical (unpaired) electrons. The Morgan fingerprint density at radius 1 is 1.19 bits per heavy atom. The fraction of sp³-hybridized carbons (Fsp3) is 0.480. The summed E-state index contributed by atoms with van der Waals surface area (Å²) < 4.78 is 11.3. The Kier molecular flexibility index (Phi) is 7.50. The maximum absolute atomic E-state index is 10.3. The molecule has 2 fully saturated rings. The molecule has 0 aromatic heterocycles. The average Bonchev–Trinajstić information content (AvgIpc) is 3.26. The van der Waals surface area contributed by atoms with Gasteiger partial charge in [-0.25, -0.2) is 0 Å². The van der Waals surface area contributed by atoms with Gasteiger partial charge in [-0.1, -0.05) is 42.5 Å². The number of morpholine rings is 1. The minimum Gasteiger partial charge on any atom is -0.504 e. The van der Waals surface area contributed by atoms with Crippen molar-refractivity contribution < 1.29 is 14.6 Å². The van der Waals surface area contributed by atoms with Crippen molar-refractivity contribution in [3.05, 3.63) is 59.7 Å². The lowest BCUT2D eigenvalue weighted by atomic mass is 10.1. The molecular formula is C25H34N4O3. The number of guanidine groups is 1. The molecule has 0 amide bonds. The zero-order valence-corrected chi connectivity index (χ0v) is 19.0. The first-order valence-corrected chi connectivity index (χ1v) is 11.5. The molecule has 0 aliphatic carbocycles. The van der Waals surface area contributed by atoms with E-state index in [1.165, 1.54) is 5.56 Å². The molecule has 0 saturated carbocycles. The van der Waals surface area contributed by atoms with Crippen LogP contribution in [0.2, 0.25) is 0 Å². The highest BCUT2D eigenvalue weighted by Crippen LogP contribution is 2.29. The summed E-state index contributed by atoms with van der Waals surface area (Å²) in [6.07, 6.45) is 0.841. The van der Waals surface area contributed by atoms with Crippen molar-refractivity contribution in [2.45, 2.75) is 32.0 Å². The van der Waals surface area contributed by atoms with Gasteiger partial charge in [0.25, 0.3) is 0 Å². The first-order valence-electron chi connectivity index (χ1n) is 11.5. The summed E-state index contributed by atoms with van der Waals surface area (Å²) in [7, 11) is 1.57. The van der Waals surface area contributed by atoms with Crippen LogP contribution in [0.15, 0.2) is 53.5 Å². The minimum absolute atomic E-state index is 0.193. The van der Waals surface area contributed by atoms with Crippen LogP contribution in [0.3, 0.4) is 0 Å². The van der Waals surface area contributed by atoms with Crippen molar-refractivity contribution in [2.24, 2.45) is 4.99 Å². The summed E-state index contributed by atoms with van der Waals surface area (Å²) in [5.74, 6) is 1.61. The highest BCUT2D eigenvalue weighted by atomic mass is 16.5. The van der Waals surface area contributed by atoms with Crippen LogP contribution in [-0.4, -0.2) is 79.5 Å². The first-order chi connectivity index (χ1) is 15.7. The van der Waals surface area contributed by atoms with Crippen molar-refractivity contribution in [3.8, 4) is 11.5 Å². The molecule has 7 heteroatoms. The predicted octanol–water partition coefficient (Wildman–Crippen LogP) is 2.49. The maximum atomic E-state index is 10.3. The standard InChI is InChI=1S/C25H34N4O3/c1-3-26-25(27-13-12-20-10-7-11-22(31-2)24(20)30)29-17-21-23(18-29)32-15-14-28(21)16-19-8-5-4-6-9-19/h4-11,21,23,30H,3,12-18H2,1-2H3,(H,26,27). The quantitative estimate of drug-likeness (QED) is 0.511. The van der Waals surface area contributed by atoms with Crippen LogP contribution >= 0.6 is 0 Å². The van der Waals surface area contributed by atoms with E-state index in [1.807, 2.05) is 12.1 Å². The van der Waals surface area contributed by atoms with E-state index in [0.29, 0.717) is 24.8 Å². The van der Waals surface area contributed by atoms with Crippen molar-refractivity contribution >= 4 is 5.96 Å². The molecule has 2 heterocycles. The number of aliphatic imine (C=N–C) groups is 1. The molecule has 0 bridgehead atoms. The van der Waals surface area contributed by atoms with Gasteiger partial charge in [0.1, 0.15) is 0 Å². The van der Waals surface area contributed by atoms with E-state index < -0.39 is 0 Å². The topological polar surface area (TPSA) is 69.6 Å². The third kappa shape index (κ3) is 5.16. The van der Waals surface area contributed by atoms with Gasteiger partial charge >= 0.3 is 0 Å². The number of para-hydroxylation sites is 1. The van der Waals surface area contributed by atoms with Crippen LogP contribution in [-0.2, 0) is 17.7 Å². The highest BCUT2D eigenvalue weighted by molar-refractivity contribution is 5.80. The number of nitrogens with one attached hydrogen (secondary N) is 1. The van der Waals surface area contributed by atoms with Gasteiger partial charge in [-0.15, -0.1) is 0 Å². The first kappa shape index (κ1) is 22.4. The summed E-state index contributed by atoms with van der Waals surface area (Å²) in [6, 6.07) is 16.6. The van der Waals surface area contributed by atoms with Crippen LogP contribution in [0.4, 0.5) is 0 Å². The fourth-order valence-electron chi connectivity index (χ4n) is 4.59. The summed E-state index contributed by atoms with van der Waals surface area (Å²) in [5.41, 5.74) is 2.18. The van der Waals surface area contributed by atoms with Gasteiger partial charge in [0.05, 0.1) is 25.9 Å². The smallest absolute Gasteiger partial charge is 0.194 e. The molecule has 2 unspecified atom stereocenters. The molecule has 32 heavy (non-hydrogen) atoms. The van der Waals surface area contributed by atoms with E-state index in [4.69, 9.17) is 14.5 Å². The zero-order chi connectivity index (χ0) is 22.3. The van der Waals surface area contributed by atoms with Gasteiger partial charge in [-0.05, 0) is 30.5 Å². The monoisotopic (exact) mass is 438 g/mol. The SMILES string of the molecule is CCNC(=NCCc1cccc(OC)c1O)N1CC2OCCN(Cc3ccccc3)C2C1. The molecule has 2 aromatic rings. The normalized spacial score (nSPS) is 21.4. The number of methoxy groups -OCH3 is 1. The Morgan fingerprint density at radius 3 is 2.81 bits per heavy atom. The number of fused-ring (bicyclic) bond motifs is 1. The second-order valence-corrected chi connectivity index (χ2v) is 8.29. The number of aromatic hydroxyl groups is 1. The molecule has 2 aromatic carbocycles. The molecular weight excluding hydrogens is 404 g/mol. The molecule has 2 aliphatic rings. The number of phenols is 1. The Morgan fingerprint density at radius 2 is 2.03 bits per heavy atom. The van der Waals surface area contributed by atoms with Gasteiger partial charge in [-0.3, -0.25) is 9.89 Å². The molecule has 2 saturated heterocycles. The lowest BCUT2D eigenvalue weighted by Gasteiger charge is -2.36. The molecule has 4 rings (SSSR count). The van der Waals surface area contributed by atoms with Crippen LogP contribution in [0.25, 0.3) is 0 Å². The Hall–Kier alpha value is -2.77. The van der Waals surface area contributed by atoms with E-state index in [1.54, 1.807) is 13.2 Å². The van der Waals surface area contributed by atoms with Crippen molar-refractivity contribution in [1.82, 2.24) is 15.1 Å². The second-order valence-electron chi connectivity index (χ2n) is 8.29. The lowest BCUT2D eigenvalue weighted by molar-refractivity contribution is -0.0502. The highest BCUT2D eigenvalue weighted by Gasteiger charge is 2.41. The van der Waals surface area contributed by atoms with E-state index >= 15 is 0 Å². The van der Waals surface area contributed by atoms with Gasteiger partial charge in [0.2, 0.25) is 0 Å². The van der Waals surface area contributed by atoms with Crippen LogP contribution < -0.4 is 10.1 Å². The Labute approximate surface area is 190 Å². The molecule has 7 nitrogen and oxygen atoms in total. The van der Waals surface area contributed by atoms with Gasteiger partial charge in [-0.2, -0.15) is 0 Å². The number of benzene rings is 2. The lowest BCUT2D eigenvalue weighted by Crippen LogP contribution is -2.50. The van der Waals surface area contributed by atoms with Gasteiger partial charge < -0.3 is 24.8 Å². The van der Waals surface area contributed by atoms with E-state index in [9.17, 15) is 5.11 Å². The van der Waals surface area contributed by atoms with E-state index in [0.717, 1.165) is 50.9 Å². The maximum Gasteiger partial charge on any atom is 0.194 e. The number of rotatable bonds is 7. The number of likely N-dealkylation sites (tertiary alicyclic amines) is 1. The number of nitrogens with zero attached hydrogens (tertiary/aromatic N) is 3. The zero-order valence-electron chi connectivity index (χ0n) is 19.0. The number of hydrogen-bond donors (Lipinski definition) is 2. The number of ether oxygens (including phenoxy) is 2. The summed E-state index contributed by atoms with van der Waals surface area (Å²) in [4.78, 5) is 9.72. The minimum atomic E-state index is 0.193. The third-order valence-corrected chi connectivity index (χ3v) is 6.22. The second kappa shape index (κ2) is 10.7. The van der Waals surface area contributed by atoms with Crippen molar-refractivity contribution in [1.29, 1.82) is 0 Å². The number of phenolic OH excluding ortho intramolecular Hbond substituents is 1. The average molecular weight is 439 g/mol. The molecule has 2 N–H and O–H groups in total. The largest absolute Gasteiger partial charge is 0.504 e.